The van der Waals surface area contributed by atoms with Crippen LogP contribution < -0.4 is 0 Å². The number of carbonyl (C=O) groups is 1. The van der Waals surface area contributed by atoms with Gasteiger partial charge < -0.3 is 14.9 Å². The highest BCUT2D eigenvalue weighted by atomic mass is 16.5. The lowest BCUT2D eigenvalue weighted by atomic mass is 9.44. The molecule has 5 fully saturated rings. The van der Waals surface area contributed by atoms with Gasteiger partial charge in [0.05, 0.1) is 19.3 Å². The molecule has 1 saturated heterocycles. The first-order chi connectivity index (χ1) is 14.4. The van der Waals surface area contributed by atoms with Gasteiger partial charge in [0.15, 0.2) is 5.78 Å². The number of aliphatic hydroxyl groups excluding tert-OH is 2. The summed E-state index contributed by atoms with van der Waals surface area (Å²) in [5, 5.41) is 20.6. The van der Waals surface area contributed by atoms with Crippen molar-refractivity contribution in [2.75, 3.05) is 32.9 Å². The summed E-state index contributed by atoms with van der Waals surface area (Å²) in [5.41, 5.74) is 0.382. The van der Waals surface area contributed by atoms with Gasteiger partial charge in [0.2, 0.25) is 0 Å². The average molecular weight is 420 g/mol. The van der Waals surface area contributed by atoms with Crippen LogP contribution in [0.25, 0.3) is 0 Å². The zero-order chi connectivity index (χ0) is 21.1. The molecule has 5 rings (SSSR count). The third-order valence-electron chi connectivity index (χ3n) is 10.7. The second-order valence-corrected chi connectivity index (χ2v) is 11.7. The van der Waals surface area contributed by atoms with E-state index in [-0.39, 0.29) is 35.9 Å². The van der Waals surface area contributed by atoms with E-state index >= 15 is 0 Å². The molecule has 2 N–H and O–H groups in total. The molecule has 1 heterocycles. The molecule has 5 heteroatoms. The number of ether oxygens (including phenoxy) is 1. The number of carbonyl (C=O) groups excluding carboxylic acids is 1. The maximum atomic E-state index is 12.5. The number of aliphatic hydroxyl groups is 2. The Labute approximate surface area is 181 Å². The van der Waals surface area contributed by atoms with Gasteiger partial charge in [-0.25, -0.2) is 0 Å². The molecular formula is C25H41NO4. The molecule has 0 aromatic carbocycles. The molecule has 0 bridgehead atoms. The van der Waals surface area contributed by atoms with Crippen LogP contribution in [0.1, 0.15) is 65.2 Å². The molecule has 5 aliphatic rings. The quantitative estimate of drug-likeness (QED) is 0.736. The third kappa shape index (κ3) is 3.14. The Morgan fingerprint density at radius 2 is 1.77 bits per heavy atom. The number of hydrogen-bond acceptors (Lipinski definition) is 5. The van der Waals surface area contributed by atoms with E-state index in [0.717, 1.165) is 58.4 Å². The summed E-state index contributed by atoms with van der Waals surface area (Å²) >= 11 is 0. The number of morpholine rings is 1. The van der Waals surface area contributed by atoms with Crippen molar-refractivity contribution in [3.05, 3.63) is 0 Å². The molecule has 4 aliphatic carbocycles. The van der Waals surface area contributed by atoms with E-state index in [9.17, 15) is 15.0 Å². The van der Waals surface area contributed by atoms with E-state index in [1.165, 1.54) is 19.3 Å². The van der Waals surface area contributed by atoms with Crippen LogP contribution in [-0.4, -0.2) is 66.0 Å². The Morgan fingerprint density at radius 3 is 2.50 bits per heavy atom. The summed E-state index contributed by atoms with van der Waals surface area (Å²) in [6.45, 7) is 8.08. The van der Waals surface area contributed by atoms with Crippen LogP contribution in [0.3, 0.4) is 0 Å². The van der Waals surface area contributed by atoms with Gasteiger partial charge in [-0.3, -0.25) is 9.69 Å². The first-order valence-corrected chi connectivity index (χ1v) is 12.5. The van der Waals surface area contributed by atoms with Gasteiger partial charge >= 0.3 is 0 Å². The van der Waals surface area contributed by atoms with Crippen LogP contribution >= 0.6 is 0 Å². The summed E-state index contributed by atoms with van der Waals surface area (Å²) in [4.78, 5) is 15.0. The second-order valence-electron chi connectivity index (χ2n) is 11.7. The number of ketones is 1. The lowest BCUT2D eigenvalue weighted by Crippen LogP contribution is -2.60. The van der Waals surface area contributed by atoms with Gasteiger partial charge in [-0.1, -0.05) is 13.8 Å². The van der Waals surface area contributed by atoms with Gasteiger partial charge in [-0.2, -0.15) is 0 Å². The van der Waals surface area contributed by atoms with Crippen molar-refractivity contribution in [2.45, 2.75) is 77.4 Å². The van der Waals surface area contributed by atoms with Gasteiger partial charge in [0, 0.05) is 25.0 Å². The molecule has 0 radical (unpaired) electrons. The fourth-order valence-corrected chi connectivity index (χ4v) is 9.20. The van der Waals surface area contributed by atoms with Crippen molar-refractivity contribution in [1.82, 2.24) is 4.90 Å². The molecule has 5 nitrogen and oxygen atoms in total. The molecule has 0 spiro atoms. The van der Waals surface area contributed by atoms with Crippen molar-refractivity contribution in [3.63, 3.8) is 0 Å². The number of nitrogens with zero attached hydrogens (tertiary/aromatic N) is 1. The monoisotopic (exact) mass is 419 g/mol. The van der Waals surface area contributed by atoms with Gasteiger partial charge in [-0.05, 0) is 85.9 Å². The fraction of sp³-hybridized carbons (Fsp3) is 0.960. The standard InChI is InChI=1S/C25H41NO4/c1-24-8-7-19-17(18(24)5-6-20(24)23(29)15-27)4-3-16-13-22(28)21(14-25(16,19)2)26-9-11-30-12-10-26/h16-22,27-28H,3-15H2,1-2H3/t16-,17-,18-,19-,20+,21-,22-,24-,25-/m0/s1. The molecular weight excluding hydrogens is 378 g/mol. The largest absolute Gasteiger partial charge is 0.391 e. The predicted molar refractivity (Wildman–Crippen MR) is 115 cm³/mol. The molecule has 170 valence electrons. The van der Waals surface area contributed by atoms with E-state index in [2.05, 4.69) is 18.7 Å². The fourth-order valence-electron chi connectivity index (χ4n) is 9.20. The van der Waals surface area contributed by atoms with E-state index in [4.69, 9.17) is 4.74 Å². The van der Waals surface area contributed by atoms with Gasteiger partial charge in [-0.15, -0.1) is 0 Å². The van der Waals surface area contributed by atoms with E-state index in [1.807, 2.05) is 0 Å². The van der Waals surface area contributed by atoms with Crippen LogP contribution in [0.15, 0.2) is 0 Å². The summed E-state index contributed by atoms with van der Waals surface area (Å²) < 4.78 is 5.57. The molecule has 30 heavy (non-hydrogen) atoms. The highest BCUT2D eigenvalue weighted by Gasteiger charge is 2.62. The predicted octanol–water partition coefficient (Wildman–Crippen LogP) is 2.88. The Balaban J connectivity index is 1.39. The Hall–Kier alpha value is -0.490. The number of rotatable bonds is 3. The number of fused-ring (bicyclic) bond motifs is 5. The first kappa shape index (κ1) is 21.4. The van der Waals surface area contributed by atoms with Crippen LogP contribution in [0.5, 0.6) is 0 Å². The molecule has 0 unspecified atom stereocenters. The number of hydrogen-bond donors (Lipinski definition) is 2. The van der Waals surface area contributed by atoms with Crippen molar-refractivity contribution < 1.29 is 19.7 Å². The summed E-state index contributed by atoms with van der Waals surface area (Å²) in [7, 11) is 0. The van der Waals surface area contributed by atoms with Crippen molar-refractivity contribution >= 4 is 5.78 Å². The number of Topliss-reactive ketones (excluding diaryl/α,β-unsaturated/α-hetero) is 1. The summed E-state index contributed by atoms with van der Waals surface area (Å²) in [5.74, 6) is 2.82. The Bertz CT molecular complexity index is 664. The zero-order valence-corrected chi connectivity index (χ0v) is 18.9. The van der Waals surface area contributed by atoms with E-state index in [0.29, 0.717) is 29.1 Å². The van der Waals surface area contributed by atoms with Gasteiger partial charge in [0.25, 0.3) is 0 Å². The van der Waals surface area contributed by atoms with Crippen molar-refractivity contribution in [2.24, 2.45) is 40.4 Å². The average Bonchev–Trinajstić information content (AvgIpc) is 3.11. The van der Waals surface area contributed by atoms with Crippen molar-refractivity contribution in [1.29, 1.82) is 0 Å². The van der Waals surface area contributed by atoms with E-state index < -0.39 is 0 Å². The molecule has 4 saturated carbocycles. The minimum absolute atomic E-state index is 0.0632. The molecule has 0 amide bonds. The lowest BCUT2D eigenvalue weighted by Gasteiger charge is -2.62. The normalized spacial score (nSPS) is 51.7. The van der Waals surface area contributed by atoms with Crippen molar-refractivity contribution in [3.8, 4) is 0 Å². The smallest absolute Gasteiger partial charge is 0.161 e. The SMILES string of the molecule is C[C@]12C[C@H](N3CCOCC3)[C@@H](O)C[C@@H]1CC[C@@H]1[C@@H]2CC[C@]2(C)[C@@H](C(=O)CO)CC[C@@H]12. The van der Waals surface area contributed by atoms with E-state index in [1.54, 1.807) is 0 Å². The van der Waals surface area contributed by atoms with Crippen LogP contribution in [-0.2, 0) is 9.53 Å². The third-order valence-corrected chi connectivity index (χ3v) is 10.7. The molecule has 0 aromatic rings. The van der Waals surface area contributed by atoms with Gasteiger partial charge in [0.1, 0.15) is 6.61 Å². The second kappa shape index (κ2) is 7.83. The highest BCUT2D eigenvalue weighted by Crippen LogP contribution is 2.67. The molecule has 1 aliphatic heterocycles. The topological polar surface area (TPSA) is 70.0 Å². The maximum Gasteiger partial charge on any atom is 0.161 e. The molecule has 9 atom stereocenters. The molecule has 0 aromatic heterocycles. The summed E-state index contributed by atoms with van der Waals surface area (Å²) in [6.07, 6.45) is 8.83. The minimum Gasteiger partial charge on any atom is -0.391 e. The Kier molecular flexibility index (Phi) is 5.57. The van der Waals surface area contributed by atoms with Crippen LogP contribution in [0, 0.1) is 40.4 Å². The van der Waals surface area contributed by atoms with Crippen LogP contribution in [0.4, 0.5) is 0 Å². The highest BCUT2D eigenvalue weighted by molar-refractivity contribution is 5.83. The Morgan fingerprint density at radius 1 is 1.03 bits per heavy atom. The maximum absolute atomic E-state index is 12.5. The minimum atomic E-state index is -0.292. The zero-order valence-electron chi connectivity index (χ0n) is 18.9. The lowest BCUT2D eigenvalue weighted by molar-refractivity contribution is -0.157. The van der Waals surface area contributed by atoms with Crippen LogP contribution in [0.2, 0.25) is 0 Å². The first-order valence-electron chi connectivity index (χ1n) is 12.5. The summed E-state index contributed by atoms with van der Waals surface area (Å²) in [6, 6.07) is 0.273.